The van der Waals surface area contributed by atoms with Gasteiger partial charge in [0.1, 0.15) is 11.3 Å². The Morgan fingerprint density at radius 1 is 1.19 bits per heavy atom. The fraction of sp³-hybridized carbons (Fsp3) is 0.133. The predicted molar refractivity (Wildman–Crippen MR) is 87.3 cm³/mol. The number of nitro groups is 1. The number of thiophene rings is 1. The predicted octanol–water partition coefficient (Wildman–Crippen LogP) is 3.58. The average molecular weight is 385 g/mol. The molecule has 2 rings (SSSR count). The van der Waals surface area contributed by atoms with Crippen molar-refractivity contribution in [2.45, 2.75) is 12.6 Å². The highest BCUT2D eigenvalue weighted by atomic mass is 32.1. The minimum atomic E-state index is -4.96. The van der Waals surface area contributed by atoms with E-state index >= 15 is 0 Å². The maximum Gasteiger partial charge on any atom is 0.431 e. The first-order valence-corrected chi connectivity index (χ1v) is 7.82. The van der Waals surface area contributed by atoms with Crippen molar-refractivity contribution in [1.29, 1.82) is 0 Å². The van der Waals surface area contributed by atoms with Crippen LogP contribution in [0.15, 0.2) is 46.9 Å². The largest absolute Gasteiger partial charge is 0.431 e. The van der Waals surface area contributed by atoms with E-state index in [0.29, 0.717) is 0 Å². The van der Waals surface area contributed by atoms with E-state index in [0.717, 1.165) is 23.5 Å². The lowest BCUT2D eigenvalue weighted by molar-refractivity contribution is -0.385. The second-order valence-corrected chi connectivity index (χ2v) is 5.80. The average Bonchev–Trinajstić information content (AvgIpc) is 3.11. The number of hydrogen-bond acceptors (Lipinski definition) is 6. The molecule has 2 aromatic rings. The van der Waals surface area contributed by atoms with Crippen LogP contribution in [0, 0.1) is 10.1 Å². The van der Waals surface area contributed by atoms with Gasteiger partial charge in [-0.25, -0.2) is 5.43 Å². The fourth-order valence-corrected chi connectivity index (χ4v) is 2.55. The number of benzene rings is 1. The van der Waals surface area contributed by atoms with Gasteiger partial charge in [-0.1, -0.05) is 18.2 Å². The highest BCUT2D eigenvalue weighted by Crippen LogP contribution is 2.22. The first kappa shape index (κ1) is 19.2. The van der Waals surface area contributed by atoms with Crippen molar-refractivity contribution in [3.8, 4) is 0 Å². The molecule has 0 aliphatic rings. The molecule has 26 heavy (non-hydrogen) atoms. The number of hydrazone groups is 1. The summed E-state index contributed by atoms with van der Waals surface area (Å²) in [5.74, 6) is -2.00. The summed E-state index contributed by atoms with van der Waals surface area (Å²) < 4.78 is 39.1. The Morgan fingerprint density at radius 3 is 2.46 bits per heavy atom. The van der Waals surface area contributed by atoms with Crippen LogP contribution in [-0.2, 0) is 0 Å². The van der Waals surface area contributed by atoms with Crippen LogP contribution in [0.3, 0.4) is 0 Å². The summed E-state index contributed by atoms with van der Waals surface area (Å²) >= 11 is 0.976. The maximum absolute atomic E-state index is 13.0. The monoisotopic (exact) mass is 385 g/mol. The molecule has 0 atom stereocenters. The van der Waals surface area contributed by atoms with Crippen molar-refractivity contribution in [2.24, 2.45) is 5.10 Å². The topological polar surface area (TPSA) is 102 Å². The van der Waals surface area contributed by atoms with E-state index in [1.807, 2.05) is 0 Å². The van der Waals surface area contributed by atoms with Gasteiger partial charge in [0.25, 0.3) is 11.6 Å². The van der Waals surface area contributed by atoms with Gasteiger partial charge in [0.15, 0.2) is 5.78 Å². The summed E-state index contributed by atoms with van der Waals surface area (Å²) in [6, 6.07) is 7.61. The first-order valence-electron chi connectivity index (χ1n) is 6.94. The van der Waals surface area contributed by atoms with Gasteiger partial charge in [-0.2, -0.15) is 18.3 Å². The van der Waals surface area contributed by atoms with E-state index in [4.69, 9.17) is 0 Å². The number of carbonyl (C=O) groups is 2. The molecule has 0 saturated heterocycles. The third-order valence-electron chi connectivity index (χ3n) is 3.09. The molecule has 1 N–H and O–H groups in total. The van der Waals surface area contributed by atoms with Gasteiger partial charge < -0.3 is 0 Å². The van der Waals surface area contributed by atoms with Crippen LogP contribution >= 0.6 is 11.3 Å². The second-order valence-electron chi connectivity index (χ2n) is 4.85. The Kier molecular flexibility index (Phi) is 5.82. The third-order valence-corrected chi connectivity index (χ3v) is 4.00. The number of carbonyl (C=O) groups excluding carboxylic acids is 2. The number of amides is 1. The van der Waals surface area contributed by atoms with Crippen LogP contribution in [0.5, 0.6) is 0 Å². The van der Waals surface area contributed by atoms with Gasteiger partial charge in [0.05, 0.1) is 16.2 Å². The van der Waals surface area contributed by atoms with E-state index in [-0.39, 0.29) is 4.88 Å². The summed E-state index contributed by atoms with van der Waals surface area (Å²) in [7, 11) is 0. The fourth-order valence-electron chi connectivity index (χ4n) is 1.88. The van der Waals surface area contributed by atoms with E-state index in [1.165, 1.54) is 29.6 Å². The molecule has 136 valence electrons. The molecule has 0 aliphatic carbocycles. The zero-order valence-electron chi connectivity index (χ0n) is 12.8. The van der Waals surface area contributed by atoms with Gasteiger partial charge in [-0.05, 0) is 17.5 Å². The summed E-state index contributed by atoms with van der Waals surface area (Å²) in [4.78, 5) is 33.9. The van der Waals surface area contributed by atoms with Gasteiger partial charge in [0.2, 0.25) is 0 Å². The molecule has 1 aromatic carbocycles. The maximum atomic E-state index is 13.0. The van der Waals surface area contributed by atoms with Crippen LogP contribution in [0.2, 0.25) is 0 Å². The Labute approximate surface area is 148 Å². The van der Waals surface area contributed by atoms with E-state index in [9.17, 15) is 32.9 Å². The number of alkyl halides is 3. The second kappa shape index (κ2) is 7.87. The van der Waals surface area contributed by atoms with E-state index < -0.39 is 46.2 Å². The smallest absolute Gasteiger partial charge is 0.293 e. The highest BCUT2D eigenvalue weighted by Gasteiger charge is 2.37. The van der Waals surface area contributed by atoms with Crippen LogP contribution in [0.1, 0.15) is 26.5 Å². The van der Waals surface area contributed by atoms with Crippen molar-refractivity contribution in [1.82, 2.24) is 5.43 Å². The summed E-state index contributed by atoms with van der Waals surface area (Å²) in [6.45, 7) is 0. The summed E-state index contributed by atoms with van der Waals surface area (Å²) in [5.41, 5.74) is -0.916. The normalized spacial score (nSPS) is 11.9. The van der Waals surface area contributed by atoms with Crippen molar-refractivity contribution in [3.63, 3.8) is 0 Å². The number of Topliss-reactive ketones (excluding diaryl/α,β-unsaturated/α-hetero) is 1. The molecule has 0 radical (unpaired) electrons. The van der Waals surface area contributed by atoms with Crippen LogP contribution in [0.4, 0.5) is 18.9 Å². The lowest BCUT2D eigenvalue weighted by Gasteiger charge is -2.10. The minimum absolute atomic E-state index is 0.118. The van der Waals surface area contributed by atoms with Crippen molar-refractivity contribution in [2.75, 3.05) is 0 Å². The van der Waals surface area contributed by atoms with Crippen molar-refractivity contribution < 1.29 is 27.7 Å². The van der Waals surface area contributed by atoms with Gasteiger partial charge in [0, 0.05) is 6.07 Å². The lowest BCUT2D eigenvalue weighted by atomic mass is 10.1. The molecule has 0 unspecified atom stereocenters. The summed E-state index contributed by atoms with van der Waals surface area (Å²) in [5, 5.41) is 15.4. The number of rotatable bonds is 6. The molecule has 1 aromatic heterocycles. The number of nitrogens with zero attached hydrogens (tertiary/aromatic N) is 2. The molecular formula is C15H10F3N3O4S. The summed E-state index contributed by atoms with van der Waals surface area (Å²) in [6.07, 6.45) is -6.02. The highest BCUT2D eigenvalue weighted by molar-refractivity contribution is 7.12. The number of ketones is 1. The number of nitrogens with one attached hydrogen (secondary N) is 1. The van der Waals surface area contributed by atoms with Crippen molar-refractivity contribution >= 4 is 34.4 Å². The molecule has 0 bridgehead atoms. The first-order chi connectivity index (χ1) is 12.2. The van der Waals surface area contributed by atoms with Gasteiger partial charge in [-0.15, -0.1) is 11.3 Å². The zero-order valence-corrected chi connectivity index (χ0v) is 13.6. The Hall–Kier alpha value is -3.08. The molecule has 0 spiro atoms. The number of nitro benzene ring substituents is 1. The minimum Gasteiger partial charge on any atom is -0.293 e. The molecule has 1 amide bonds. The Morgan fingerprint density at radius 2 is 1.88 bits per heavy atom. The SMILES string of the molecule is O=C(C/C(=N/NC(=O)c1ccccc1[N+](=O)[O-])C(F)(F)F)c1cccs1. The zero-order chi connectivity index (χ0) is 19.3. The molecule has 11 heteroatoms. The molecule has 7 nitrogen and oxygen atoms in total. The number of hydrogen-bond donors (Lipinski definition) is 1. The molecule has 0 aliphatic heterocycles. The molecule has 0 saturated carbocycles. The third kappa shape index (κ3) is 4.72. The van der Waals surface area contributed by atoms with Gasteiger partial charge >= 0.3 is 6.18 Å². The Bertz CT molecular complexity index is 863. The molecular weight excluding hydrogens is 375 g/mol. The Balaban J connectivity index is 2.22. The lowest BCUT2D eigenvalue weighted by Crippen LogP contribution is -2.30. The van der Waals surface area contributed by atoms with E-state index in [1.54, 1.807) is 5.43 Å². The standard InChI is InChI=1S/C15H10F3N3O4S/c16-15(17,18)13(8-11(22)12-6-3-7-26-12)19-20-14(23)9-4-1-2-5-10(9)21(24)25/h1-7H,8H2,(H,20,23)/b19-13-. The van der Waals surface area contributed by atoms with Crippen molar-refractivity contribution in [3.05, 3.63) is 62.3 Å². The van der Waals surface area contributed by atoms with Gasteiger partial charge in [-0.3, -0.25) is 19.7 Å². The number of halogens is 3. The number of para-hydroxylation sites is 1. The van der Waals surface area contributed by atoms with Crippen LogP contribution < -0.4 is 5.43 Å². The van der Waals surface area contributed by atoms with Crippen LogP contribution in [0.25, 0.3) is 0 Å². The molecule has 0 fully saturated rings. The quantitative estimate of drug-likeness (QED) is 0.355. The van der Waals surface area contributed by atoms with E-state index in [2.05, 4.69) is 5.10 Å². The van der Waals surface area contributed by atoms with Crippen LogP contribution in [-0.4, -0.2) is 28.5 Å². The molecule has 1 heterocycles.